The molecule has 0 heterocycles. The first-order chi connectivity index (χ1) is 7.65. The number of anilines is 1. The molecule has 3 nitrogen and oxygen atoms in total. The van der Waals surface area contributed by atoms with Crippen molar-refractivity contribution in [3.63, 3.8) is 0 Å². The van der Waals surface area contributed by atoms with Crippen LogP contribution in [0, 0.1) is 0 Å². The van der Waals surface area contributed by atoms with Crippen LogP contribution in [0.15, 0.2) is 36.4 Å². The Labute approximate surface area is 96.6 Å². The van der Waals surface area contributed by atoms with Crippen molar-refractivity contribution < 1.29 is 4.79 Å². The SMILES string of the molecule is C=C(C)CNC(=O)c1ccccc1NCC. The van der Waals surface area contributed by atoms with Crippen molar-refractivity contribution in [3.8, 4) is 0 Å². The zero-order chi connectivity index (χ0) is 12.0. The van der Waals surface area contributed by atoms with Crippen molar-refractivity contribution >= 4 is 11.6 Å². The summed E-state index contributed by atoms with van der Waals surface area (Å²) in [6, 6.07) is 7.48. The van der Waals surface area contributed by atoms with Crippen LogP contribution in [-0.4, -0.2) is 19.0 Å². The van der Waals surface area contributed by atoms with Gasteiger partial charge in [0.1, 0.15) is 0 Å². The van der Waals surface area contributed by atoms with Crippen molar-refractivity contribution in [1.82, 2.24) is 5.32 Å². The molecule has 0 aromatic heterocycles. The fourth-order valence-electron chi connectivity index (χ4n) is 1.35. The summed E-state index contributed by atoms with van der Waals surface area (Å²) < 4.78 is 0. The maximum Gasteiger partial charge on any atom is 0.253 e. The first-order valence-electron chi connectivity index (χ1n) is 5.40. The third-order valence-electron chi connectivity index (χ3n) is 2.09. The first kappa shape index (κ1) is 12.3. The van der Waals surface area contributed by atoms with E-state index in [1.54, 1.807) is 0 Å². The Hall–Kier alpha value is -1.77. The van der Waals surface area contributed by atoms with Crippen molar-refractivity contribution in [2.24, 2.45) is 0 Å². The number of hydrogen-bond donors (Lipinski definition) is 2. The summed E-state index contributed by atoms with van der Waals surface area (Å²) in [5, 5.41) is 5.98. The molecule has 0 aliphatic rings. The van der Waals surface area contributed by atoms with E-state index in [1.165, 1.54) is 0 Å². The molecule has 3 heteroatoms. The van der Waals surface area contributed by atoms with Crippen LogP contribution >= 0.6 is 0 Å². The largest absolute Gasteiger partial charge is 0.385 e. The van der Waals surface area contributed by atoms with Crippen LogP contribution in [0.3, 0.4) is 0 Å². The standard InChI is InChI=1S/C13H18N2O/c1-4-14-12-8-6-5-7-11(12)13(16)15-9-10(2)3/h5-8,14H,2,4,9H2,1,3H3,(H,15,16). The van der Waals surface area contributed by atoms with E-state index in [0.717, 1.165) is 17.8 Å². The Kier molecular flexibility index (Phi) is 4.58. The fourth-order valence-corrected chi connectivity index (χ4v) is 1.35. The molecule has 0 aliphatic heterocycles. The lowest BCUT2D eigenvalue weighted by atomic mass is 10.1. The van der Waals surface area contributed by atoms with Gasteiger partial charge in [0, 0.05) is 18.8 Å². The molecule has 0 radical (unpaired) electrons. The first-order valence-corrected chi connectivity index (χ1v) is 5.40. The zero-order valence-electron chi connectivity index (χ0n) is 9.84. The van der Waals surface area contributed by atoms with E-state index in [1.807, 2.05) is 38.1 Å². The second-order valence-corrected chi connectivity index (χ2v) is 3.72. The van der Waals surface area contributed by atoms with E-state index in [2.05, 4.69) is 17.2 Å². The second-order valence-electron chi connectivity index (χ2n) is 3.72. The van der Waals surface area contributed by atoms with Crippen molar-refractivity contribution in [2.75, 3.05) is 18.4 Å². The Bertz CT molecular complexity index is 385. The summed E-state index contributed by atoms with van der Waals surface area (Å²) in [6.07, 6.45) is 0. The molecule has 2 N–H and O–H groups in total. The number of para-hydroxylation sites is 1. The van der Waals surface area contributed by atoms with Gasteiger partial charge in [0.05, 0.1) is 5.56 Å². The molecule has 1 aromatic carbocycles. The highest BCUT2D eigenvalue weighted by Crippen LogP contribution is 2.14. The topological polar surface area (TPSA) is 41.1 Å². The van der Waals surface area contributed by atoms with Gasteiger partial charge >= 0.3 is 0 Å². The Balaban J connectivity index is 2.77. The third-order valence-corrected chi connectivity index (χ3v) is 2.09. The Morgan fingerprint density at radius 1 is 1.38 bits per heavy atom. The van der Waals surface area contributed by atoms with Crippen molar-refractivity contribution in [1.29, 1.82) is 0 Å². The summed E-state index contributed by atoms with van der Waals surface area (Å²) in [6.45, 7) is 8.95. The number of benzene rings is 1. The van der Waals surface area contributed by atoms with Crippen LogP contribution in [0.25, 0.3) is 0 Å². The minimum Gasteiger partial charge on any atom is -0.385 e. The molecule has 0 saturated carbocycles. The molecular formula is C13H18N2O. The highest BCUT2D eigenvalue weighted by molar-refractivity contribution is 5.99. The number of carbonyl (C=O) groups excluding carboxylic acids is 1. The average Bonchev–Trinajstić information content (AvgIpc) is 2.27. The van der Waals surface area contributed by atoms with Gasteiger partial charge in [-0.25, -0.2) is 0 Å². The minimum absolute atomic E-state index is 0.0699. The number of nitrogens with one attached hydrogen (secondary N) is 2. The van der Waals surface area contributed by atoms with Crippen molar-refractivity contribution in [2.45, 2.75) is 13.8 Å². The van der Waals surface area contributed by atoms with E-state index in [4.69, 9.17) is 0 Å². The average molecular weight is 218 g/mol. The van der Waals surface area contributed by atoms with Gasteiger partial charge in [0.25, 0.3) is 5.91 Å². The summed E-state index contributed by atoms with van der Waals surface area (Å²) in [7, 11) is 0. The predicted octanol–water partition coefficient (Wildman–Crippen LogP) is 2.42. The van der Waals surface area contributed by atoms with Gasteiger partial charge in [-0.1, -0.05) is 24.3 Å². The molecule has 0 spiro atoms. The summed E-state index contributed by atoms with van der Waals surface area (Å²) in [5.41, 5.74) is 2.48. The molecule has 0 atom stereocenters. The van der Waals surface area contributed by atoms with Crippen LogP contribution in [0.2, 0.25) is 0 Å². The summed E-state index contributed by atoms with van der Waals surface area (Å²) in [4.78, 5) is 11.9. The molecule has 16 heavy (non-hydrogen) atoms. The molecule has 0 fully saturated rings. The highest BCUT2D eigenvalue weighted by atomic mass is 16.1. The zero-order valence-corrected chi connectivity index (χ0v) is 9.84. The van der Waals surface area contributed by atoms with E-state index in [9.17, 15) is 4.79 Å². The molecular weight excluding hydrogens is 200 g/mol. The lowest BCUT2D eigenvalue weighted by Crippen LogP contribution is -2.25. The number of hydrogen-bond acceptors (Lipinski definition) is 2. The predicted molar refractivity (Wildman–Crippen MR) is 67.8 cm³/mol. The van der Waals surface area contributed by atoms with Crippen LogP contribution in [0.5, 0.6) is 0 Å². The van der Waals surface area contributed by atoms with Gasteiger partial charge in [0.2, 0.25) is 0 Å². The smallest absolute Gasteiger partial charge is 0.253 e. The Morgan fingerprint density at radius 3 is 2.69 bits per heavy atom. The van der Waals surface area contributed by atoms with Gasteiger partial charge in [-0.2, -0.15) is 0 Å². The monoisotopic (exact) mass is 218 g/mol. The number of carbonyl (C=O) groups is 1. The van der Waals surface area contributed by atoms with Crippen LogP contribution in [-0.2, 0) is 0 Å². The summed E-state index contributed by atoms with van der Waals surface area (Å²) in [5.74, 6) is -0.0699. The molecule has 0 aliphatic carbocycles. The fraction of sp³-hybridized carbons (Fsp3) is 0.308. The van der Waals surface area contributed by atoms with Crippen LogP contribution in [0.1, 0.15) is 24.2 Å². The van der Waals surface area contributed by atoms with Crippen LogP contribution in [0.4, 0.5) is 5.69 Å². The Morgan fingerprint density at radius 2 is 2.06 bits per heavy atom. The highest BCUT2D eigenvalue weighted by Gasteiger charge is 2.09. The molecule has 1 rings (SSSR count). The van der Waals surface area contributed by atoms with E-state index >= 15 is 0 Å². The van der Waals surface area contributed by atoms with Gasteiger partial charge in [-0.15, -0.1) is 0 Å². The summed E-state index contributed by atoms with van der Waals surface area (Å²) >= 11 is 0. The number of amides is 1. The second kappa shape index (κ2) is 5.95. The number of rotatable bonds is 5. The maximum absolute atomic E-state index is 11.9. The van der Waals surface area contributed by atoms with E-state index in [0.29, 0.717) is 12.1 Å². The normalized spacial score (nSPS) is 9.62. The van der Waals surface area contributed by atoms with Gasteiger partial charge in [-0.3, -0.25) is 4.79 Å². The molecule has 0 saturated heterocycles. The molecule has 0 bridgehead atoms. The molecule has 1 aromatic rings. The van der Waals surface area contributed by atoms with E-state index < -0.39 is 0 Å². The minimum atomic E-state index is -0.0699. The van der Waals surface area contributed by atoms with E-state index in [-0.39, 0.29) is 5.91 Å². The van der Waals surface area contributed by atoms with Gasteiger partial charge in [-0.05, 0) is 26.0 Å². The van der Waals surface area contributed by atoms with Crippen LogP contribution < -0.4 is 10.6 Å². The lowest BCUT2D eigenvalue weighted by molar-refractivity contribution is 0.0958. The van der Waals surface area contributed by atoms with Crippen molar-refractivity contribution in [3.05, 3.63) is 42.0 Å². The molecule has 0 unspecified atom stereocenters. The molecule has 86 valence electrons. The third kappa shape index (κ3) is 3.42. The molecule has 1 amide bonds. The van der Waals surface area contributed by atoms with Gasteiger partial charge < -0.3 is 10.6 Å². The maximum atomic E-state index is 11.9. The lowest BCUT2D eigenvalue weighted by Gasteiger charge is -2.10. The van der Waals surface area contributed by atoms with Gasteiger partial charge in [0.15, 0.2) is 0 Å². The quantitative estimate of drug-likeness (QED) is 0.745.